The molecule has 0 radical (unpaired) electrons. The number of fused-ring (bicyclic) bond motifs is 1. The predicted molar refractivity (Wildman–Crippen MR) is 117 cm³/mol. The van der Waals surface area contributed by atoms with Gasteiger partial charge in [0.15, 0.2) is 5.43 Å². The van der Waals surface area contributed by atoms with Crippen LogP contribution < -0.4 is 10.2 Å². The molecule has 0 atom stereocenters. The van der Waals surface area contributed by atoms with Crippen LogP contribution in [0.5, 0.6) is 5.75 Å². The van der Waals surface area contributed by atoms with Crippen molar-refractivity contribution in [2.75, 3.05) is 7.11 Å². The lowest BCUT2D eigenvalue weighted by molar-refractivity contribution is -0.137. The molecule has 0 unspecified atom stereocenters. The Labute approximate surface area is 185 Å². The minimum Gasteiger partial charge on any atom is -0.495 e. The van der Waals surface area contributed by atoms with Crippen LogP contribution in [0.15, 0.2) is 59.4 Å². The van der Waals surface area contributed by atoms with Crippen LogP contribution in [0.1, 0.15) is 11.3 Å². The Balaban J connectivity index is 1.81. The molecule has 0 spiro atoms. The third kappa shape index (κ3) is 3.84. The van der Waals surface area contributed by atoms with Crippen LogP contribution in [-0.2, 0) is 6.18 Å². The lowest BCUT2D eigenvalue weighted by Crippen LogP contribution is -2.10. The predicted octanol–water partition coefficient (Wildman–Crippen LogP) is 6.99. The second-order valence-corrected chi connectivity index (χ2v) is 7.66. The minimum absolute atomic E-state index is 0.172. The van der Waals surface area contributed by atoms with Gasteiger partial charge in [0, 0.05) is 28.3 Å². The first-order valence-corrected chi connectivity index (χ1v) is 9.85. The summed E-state index contributed by atoms with van der Waals surface area (Å²) in [6, 6.07) is 11.5. The molecule has 3 aromatic carbocycles. The number of hydrogen-bond acceptors (Lipinski definition) is 2. The van der Waals surface area contributed by atoms with Crippen molar-refractivity contribution in [1.29, 1.82) is 0 Å². The number of methoxy groups -OCH3 is 1. The van der Waals surface area contributed by atoms with Crippen LogP contribution in [0, 0.1) is 12.7 Å². The number of halogens is 5. The molecule has 0 aliphatic heterocycles. The van der Waals surface area contributed by atoms with E-state index < -0.39 is 17.6 Å². The second kappa shape index (κ2) is 7.98. The average molecular weight is 462 g/mol. The Morgan fingerprint density at radius 1 is 0.969 bits per heavy atom. The van der Waals surface area contributed by atoms with Crippen molar-refractivity contribution in [3.8, 4) is 28.0 Å². The molecule has 1 aromatic heterocycles. The monoisotopic (exact) mass is 461 g/mol. The fourth-order valence-corrected chi connectivity index (χ4v) is 3.90. The number of benzene rings is 3. The van der Waals surface area contributed by atoms with Gasteiger partial charge in [0.25, 0.3) is 0 Å². The molecule has 0 saturated carbocycles. The largest absolute Gasteiger partial charge is 0.495 e. The molecule has 3 nitrogen and oxygen atoms in total. The van der Waals surface area contributed by atoms with Gasteiger partial charge in [-0.1, -0.05) is 35.9 Å². The molecule has 164 valence electrons. The van der Waals surface area contributed by atoms with Crippen LogP contribution in [0.4, 0.5) is 17.6 Å². The maximum atomic E-state index is 14.2. The van der Waals surface area contributed by atoms with E-state index in [4.69, 9.17) is 16.3 Å². The van der Waals surface area contributed by atoms with Gasteiger partial charge in [0.05, 0.1) is 23.2 Å². The quantitative estimate of drug-likeness (QED) is 0.334. The standard InChI is InChI=1S/C24H16ClF4NO2/c1-12-22(23(31)17-10-18(25)21(32-2)11-20(17)30-12)14-5-3-13(4-6-14)16-9-15(24(27,28)29)7-8-19(16)26/h3-11H,1-2H3,(H,30,31). The number of ether oxygens (including phenoxy) is 1. The molecule has 4 rings (SSSR count). The first kappa shape index (κ1) is 21.9. The highest BCUT2D eigenvalue weighted by Crippen LogP contribution is 2.35. The van der Waals surface area contributed by atoms with Crippen molar-refractivity contribution in [3.63, 3.8) is 0 Å². The molecular formula is C24H16ClF4NO2. The van der Waals surface area contributed by atoms with Crippen LogP contribution >= 0.6 is 11.6 Å². The zero-order valence-electron chi connectivity index (χ0n) is 16.9. The number of pyridine rings is 1. The van der Waals surface area contributed by atoms with Crippen molar-refractivity contribution >= 4 is 22.5 Å². The number of alkyl halides is 3. The van der Waals surface area contributed by atoms with Crippen molar-refractivity contribution in [2.45, 2.75) is 13.1 Å². The molecule has 0 fully saturated rings. The molecular weight excluding hydrogens is 446 g/mol. The molecule has 0 saturated heterocycles. The van der Waals surface area contributed by atoms with Gasteiger partial charge in [-0.15, -0.1) is 0 Å². The van der Waals surface area contributed by atoms with E-state index in [1.54, 1.807) is 25.1 Å². The normalized spacial score (nSPS) is 11.7. The Morgan fingerprint density at radius 3 is 2.25 bits per heavy atom. The lowest BCUT2D eigenvalue weighted by atomic mass is 9.97. The zero-order valence-corrected chi connectivity index (χ0v) is 17.7. The highest BCUT2D eigenvalue weighted by molar-refractivity contribution is 6.32. The van der Waals surface area contributed by atoms with Crippen molar-refractivity contribution in [1.82, 2.24) is 4.98 Å². The van der Waals surface area contributed by atoms with Gasteiger partial charge in [0.1, 0.15) is 11.6 Å². The number of hydrogen-bond donors (Lipinski definition) is 1. The van der Waals surface area contributed by atoms with Crippen LogP contribution in [0.3, 0.4) is 0 Å². The van der Waals surface area contributed by atoms with Crippen LogP contribution in [0.25, 0.3) is 33.2 Å². The molecule has 0 aliphatic rings. The number of aromatic amines is 1. The summed E-state index contributed by atoms with van der Waals surface area (Å²) in [5.74, 6) is -0.344. The van der Waals surface area contributed by atoms with Crippen LogP contribution in [0.2, 0.25) is 5.02 Å². The molecule has 4 aromatic rings. The number of rotatable bonds is 3. The molecule has 0 aliphatic carbocycles. The van der Waals surface area contributed by atoms with Gasteiger partial charge in [-0.2, -0.15) is 13.2 Å². The van der Waals surface area contributed by atoms with Gasteiger partial charge in [-0.05, 0) is 42.3 Å². The van der Waals surface area contributed by atoms with Crippen LogP contribution in [-0.4, -0.2) is 12.1 Å². The molecule has 1 heterocycles. The van der Waals surface area contributed by atoms with Crippen molar-refractivity contribution in [2.24, 2.45) is 0 Å². The first-order valence-electron chi connectivity index (χ1n) is 9.48. The number of aromatic nitrogens is 1. The average Bonchev–Trinajstić information content (AvgIpc) is 2.74. The number of nitrogens with one attached hydrogen (secondary N) is 1. The maximum Gasteiger partial charge on any atom is 0.416 e. The Morgan fingerprint density at radius 2 is 1.62 bits per heavy atom. The molecule has 1 N–H and O–H groups in total. The molecule has 8 heteroatoms. The van der Waals surface area contributed by atoms with Gasteiger partial charge in [0.2, 0.25) is 0 Å². The second-order valence-electron chi connectivity index (χ2n) is 7.26. The fourth-order valence-electron chi connectivity index (χ4n) is 3.66. The SMILES string of the molecule is COc1cc2[nH]c(C)c(-c3ccc(-c4cc(C(F)(F)F)ccc4F)cc3)c(=O)c2cc1Cl. The third-order valence-electron chi connectivity index (χ3n) is 5.24. The van der Waals surface area contributed by atoms with E-state index in [0.717, 1.165) is 12.1 Å². The zero-order chi connectivity index (χ0) is 23.2. The first-order chi connectivity index (χ1) is 15.1. The summed E-state index contributed by atoms with van der Waals surface area (Å²) in [7, 11) is 1.47. The van der Waals surface area contributed by atoms with Gasteiger partial charge in [-0.3, -0.25) is 4.79 Å². The maximum absolute atomic E-state index is 14.2. The topological polar surface area (TPSA) is 42.1 Å². The Kier molecular flexibility index (Phi) is 5.46. The Bertz CT molecular complexity index is 1390. The number of aryl methyl sites for hydroxylation is 1. The van der Waals surface area contributed by atoms with Gasteiger partial charge in [-0.25, -0.2) is 4.39 Å². The van der Waals surface area contributed by atoms with Crippen molar-refractivity contribution in [3.05, 3.63) is 86.9 Å². The highest BCUT2D eigenvalue weighted by Gasteiger charge is 2.31. The van der Waals surface area contributed by atoms with E-state index >= 15 is 0 Å². The number of H-pyrrole nitrogens is 1. The van der Waals surface area contributed by atoms with Crippen molar-refractivity contribution < 1.29 is 22.3 Å². The van der Waals surface area contributed by atoms with E-state index in [2.05, 4.69) is 4.98 Å². The van der Waals surface area contributed by atoms with E-state index in [0.29, 0.717) is 39.5 Å². The minimum atomic E-state index is -4.58. The van der Waals surface area contributed by atoms with E-state index in [1.165, 1.54) is 25.3 Å². The summed E-state index contributed by atoms with van der Waals surface area (Å²) in [5, 5.41) is 0.653. The molecule has 0 bridgehead atoms. The lowest BCUT2D eigenvalue weighted by Gasteiger charge is -2.12. The van der Waals surface area contributed by atoms with E-state index in [1.807, 2.05) is 0 Å². The van der Waals surface area contributed by atoms with Gasteiger partial charge >= 0.3 is 6.18 Å². The summed E-state index contributed by atoms with van der Waals surface area (Å²) in [6.07, 6.45) is -4.58. The van der Waals surface area contributed by atoms with E-state index in [9.17, 15) is 22.4 Å². The van der Waals surface area contributed by atoms with Gasteiger partial charge < -0.3 is 9.72 Å². The fraction of sp³-hybridized carbons (Fsp3) is 0.125. The third-order valence-corrected chi connectivity index (χ3v) is 5.53. The summed E-state index contributed by atoms with van der Waals surface area (Å²) >= 11 is 6.17. The summed E-state index contributed by atoms with van der Waals surface area (Å²) in [5.41, 5.74) is 0.953. The summed E-state index contributed by atoms with van der Waals surface area (Å²) in [4.78, 5) is 16.3. The summed E-state index contributed by atoms with van der Waals surface area (Å²) < 4.78 is 58.5. The van der Waals surface area contributed by atoms with E-state index in [-0.39, 0.29) is 21.6 Å². The molecule has 32 heavy (non-hydrogen) atoms. The molecule has 0 amide bonds. The summed E-state index contributed by atoms with van der Waals surface area (Å²) in [6.45, 7) is 1.73. The highest BCUT2D eigenvalue weighted by atomic mass is 35.5. The smallest absolute Gasteiger partial charge is 0.416 e. The Hall–Kier alpha value is -3.32.